The van der Waals surface area contributed by atoms with Crippen LogP contribution < -0.4 is 10.2 Å². The number of nitrogens with one attached hydrogen (secondary N) is 1. The van der Waals surface area contributed by atoms with Crippen LogP contribution in [-0.4, -0.2) is 25.0 Å². The fraction of sp³-hybridized carbons (Fsp3) is 0.417. The predicted molar refractivity (Wildman–Crippen MR) is 59.0 cm³/mol. The van der Waals surface area contributed by atoms with Crippen LogP contribution in [0.25, 0.3) is 0 Å². The number of piperazine rings is 1. The Labute approximate surface area is 89.1 Å². The molecule has 1 fully saturated rings. The number of anilines is 1. The first-order chi connectivity index (χ1) is 7.25. The van der Waals surface area contributed by atoms with Crippen LogP contribution in [-0.2, 0) is 11.2 Å². The second kappa shape index (κ2) is 3.07. The van der Waals surface area contributed by atoms with Crippen LogP contribution in [0.2, 0.25) is 0 Å². The van der Waals surface area contributed by atoms with E-state index in [4.69, 9.17) is 0 Å². The summed E-state index contributed by atoms with van der Waals surface area (Å²) in [6.45, 7) is 3.46. The van der Waals surface area contributed by atoms with Crippen LogP contribution >= 0.6 is 0 Å². The lowest BCUT2D eigenvalue weighted by molar-refractivity contribution is -0.119. The fourth-order valence-corrected chi connectivity index (χ4v) is 2.54. The fourth-order valence-electron chi connectivity index (χ4n) is 2.54. The van der Waals surface area contributed by atoms with E-state index in [1.807, 2.05) is 4.90 Å². The molecule has 1 amide bonds. The second-order valence-corrected chi connectivity index (χ2v) is 4.38. The molecule has 0 bridgehead atoms. The van der Waals surface area contributed by atoms with E-state index in [0.717, 1.165) is 18.7 Å². The van der Waals surface area contributed by atoms with E-state index in [2.05, 4.69) is 30.4 Å². The van der Waals surface area contributed by atoms with Crippen molar-refractivity contribution in [2.24, 2.45) is 0 Å². The smallest absolute Gasteiger partial charge is 0.241 e. The lowest BCUT2D eigenvalue weighted by atomic mass is 10.1. The molecule has 1 aromatic rings. The van der Waals surface area contributed by atoms with Crippen molar-refractivity contribution >= 4 is 11.6 Å². The number of benzene rings is 1. The van der Waals surface area contributed by atoms with Gasteiger partial charge in [0.1, 0.15) is 0 Å². The van der Waals surface area contributed by atoms with Crippen molar-refractivity contribution < 1.29 is 4.79 Å². The van der Waals surface area contributed by atoms with Gasteiger partial charge < -0.3 is 10.2 Å². The summed E-state index contributed by atoms with van der Waals surface area (Å²) in [5.74, 6) is 0.204. The first-order valence-electron chi connectivity index (χ1n) is 5.38. The number of carbonyl (C=O) groups is 1. The molecule has 2 heterocycles. The number of rotatable bonds is 0. The topological polar surface area (TPSA) is 32.3 Å². The SMILES string of the molecule is Cc1ccc2c(c1)N1C(=O)CNCC1C2. The summed E-state index contributed by atoms with van der Waals surface area (Å²) >= 11 is 0. The lowest BCUT2D eigenvalue weighted by Gasteiger charge is -2.30. The molecule has 2 aliphatic heterocycles. The Balaban J connectivity index is 2.08. The standard InChI is InChI=1S/C12H14N2O/c1-8-2-3-9-5-10-6-13-7-12(15)14(10)11(9)4-8/h2-4,10,13H,5-7H2,1H3. The van der Waals surface area contributed by atoms with Gasteiger partial charge in [-0.05, 0) is 30.5 Å². The van der Waals surface area contributed by atoms with Gasteiger partial charge in [-0.1, -0.05) is 12.1 Å². The van der Waals surface area contributed by atoms with Gasteiger partial charge in [-0.15, -0.1) is 0 Å². The van der Waals surface area contributed by atoms with Gasteiger partial charge in [-0.2, -0.15) is 0 Å². The van der Waals surface area contributed by atoms with E-state index >= 15 is 0 Å². The first kappa shape index (κ1) is 8.92. The van der Waals surface area contributed by atoms with Crippen molar-refractivity contribution in [2.75, 3.05) is 18.0 Å². The molecule has 15 heavy (non-hydrogen) atoms. The summed E-state index contributed by atoms with van der Waals surface area (Å²) in [6, 6.07) is 6.73. The van der Waals surface area contributed by atoms with Gasteiger partial charge in [-0.3, -0.25) is 4.79 Å². The van der Waals surface area contributed by atoms with Crippen molar-refractivity contribution in [1.29, 1.82) is 0 Å². The van der Waals surface area contributed by atoms with Gasteiger partial charge in [0.05, 0.1) is 12.6 Å². The van der Waals surface area contributed by atoms with E-state index in [0.29, 0.717) is 12.6 Å². The number of amides is 1. The van der Waals surface area contributed by atoms with Crippen molar-refractivity contribution in [1.82, 2.24) is 5.32 Å². The third kappa shape index (κ3) is 1.27. The molecule has 78 valence electrons. The van der Waals surface area contributed by atoms with E-state index in [1.165, 1.54) is 11.1 Å². The van der Waals surface area contributed by atoms with Crippen LogP contribution in [0.15, 0.2) is 18.2 Å². The molecule has 0 spiro atoms. The zero-order valence-corrected chi connectivity index (χ0v) is 8.79. The minimum absolute atomic E-state index is 0.204. The normalized spacial score (nSPS) is 23.9. The zero-order valence-electron chi connectivity index (χ0n) is 8.79. The van der Waals surface area contributed by atoms with Gasteiger partial charge in [0.2, 0.25) is 5.91 Å². The van der Waals surface area contributed by atoms with Gasteiger partial charge in [0, 0.05) is 12.2 Å². The van der Waals surface area contributed by atoms with Crippen molar-refractivity contribution in [3.63, 3.8) is 0 Å². The maximum absolute atomic E-state index is 11.8. The van der Waals surface area contributed by atoms with E-state index in [-0.39, 0.29) is 5.91 Å². The molecule has 1 unspecified atom stereocenters. The Morgan fingerprint density at radius 3 is 3.20 bits per heavy atom. The Bertz CT molecular complexity index is 428. The van der Waals surface area contributed by atoms with Gasteiger partial charge in [0.15, 0.2) is 0 Å². The monoisotopic (exact) mass is 202 g/mol. The summed E-state index contributed by atoms with van der Waals surface area (Å²) < 4.78 is 0. The second-order valence-electron chi connectivity index (χ2n) is 4.38. The maximum atomic E-state index is 11.8. The van der Waals surface area contributed by atoms with Crippen molar-refractivity contribution in [3.05, 3.63) is 29.3 Å². The molecule has 3 rings (SSSR count). The maximum Gasteiger partial charge on any atom is 0.241 e. The molecule has 3 heteroatoms. The number of nitrogens with zero attached hydrogens (tertiary/aromatic N) is 1. The third-order valence-electron chi connectivity index (χ3n) is 3.25. The summed E-state index contributed by atoms with van der Waals surface area (Å²) in [7, 11) is 0. The molecule has 2 aliphatic rings. The predicted octanol–water partition coefficient (Wildman–Crippen LogP) is 0.856. The number of hydrogen-bond donors (Lipinski definition) is 1. The number of fused-ring (bicyclic) bond motifs is 3. The molecule has 1 N–H and O–H groups in total. The Morgan fingerprint density at radius 2 is 2.33 bits per heavy atom. The summed E-state index contributed by atoms with van der Waals surface area (Å²) in [5, 5.41) is 3.16. The van der Waals surface area contributed by atoms with Crippen molar-refractivity contribution in [2.45, 2.75) is 19.4 Å². The van der Waals surface area contributed by atoms with Gasteiger partial charge >= 0.3 is 0 Å². The quantitative estimate of drug-likeness (QED) is 0.676. The van der Waals surface area contributed by atoms with E-state index in [9.17, 15) is 4.79 Å². The molecule has 0 saturated carbocycles. The highest BCUT2D eigenvalue weighted by molar-refractivity contribution is 5.98. The van der Waals surface area contributed by atoms with Crippen LogP contribution in [0.5, 0.6) is 0 Å². The van der Waals surface area contributed by atoms with Gasteiger partial charge in [0.25, 0.3) is 0 Å². The molecule has 0 aliphatic carbocycles. The number of aryl methyl sites for hydroxylation is 1. The molecule has 1 atom stereocenters. The third-order valence-corrected chi connectivity index (χ3v) is 3.25. The van der Waals surface area contributed by atoms with E-state index in [1.54, 1.807) is 0 Å². The Morgan fingerprint density at radius 1 is 1.47 bits per heavy atom. The summed E-state index contributed by atoms with van der Waals surface area (Å²) in [5.41, 5.74) is 3.66. The highest BCUT2D eigenvalue weighted by Gasteiger charge is 2.35. The minimum Gasteiger partial charge on any atom is -0.306 e. The largest absolute Gasteiger partial charge is 0.306 e. The minimum atomic E-state index is 0.204. The summed E-state index contributed by atoms with van der Waals surface area (Å²) in [4.78, 5) is 13.8. The highest BCUT2D eigenvalue weighted by Crippen LogP contribution is 2.33. The van der Waals surface area contributed by atoms with E-state index < -0.39 is 0 Å². The first-order valence-corrected chi connectivity index (χ1v) is 5.38. The lowest BCUT2D eigenvalue weighted by Crippen LogP contribution is -2.53. The van der Waals surface area contributed by atoms with Gasteiger partial charge in [-0.25, -0.2) is 0 Å². The Hall–Kier alpha value is -1.35. The molecular weight excluding hydrogens is 188 g/mol. The summed E-state index contributed by atoms with van der Waals surface area (Å²) in [6.07, 6.45) is 0.994. The van der Waals surface area contributed by atoms with Crippen LogP contribution in [0.1, 0.15) is 11.1 Å². The molecule has 1 aromatic carbocycles. The van der Waals surface area contributed by atoms with Crippen LogP contribution in [0.4, 0.5) is 5.69 Å². The molecule has 0 radical (unpaired) electrons. The number of carbonyl (C=O) groups excluding carboxylic acids is 1. The average molecular weight is 202 g/mol. The molecule has 1 saturated heterocycles. The number of hydrogen-bond acceptors (Lipinski definition) is 2. The van der Waals surface area contributed by atoms with Crippen LogP contribution in [0, 0.1) is 6.92 Å². The van der Waals surface area contributed by atoms with Crippen molar-refractivity contribution in [3.8, 4) is 0 Å². The van der Waals surface area contributed by atoms with Crippen LogP contribution in [0.3, 0.4) is 0 Å². The Kier molecular flexibility index (Phi) is 1.83. The highest BCUT2D eigenvalue weighted by atomic mass is 16.2. The molecular formula is C12H14N2O. The zero-order chi connectivity index (χ0) is 10.4. The molecule has 0 aromatic heterocycles. The molecule has 3 nitrogen and oxygen atoms in total. The average Bonchev–Trinajstić information content (AvgIpc) is 2.57.